The molecule has 4 nitrogen and oxygen atoms in total. The average Bonchev–Trinajstić information content (AvgIpc) is 2.49. The molecule has 9 heteroatoms. The highest BCUT2D eigenvalue weighted by molar-refractivity contribution is 14.1. The molecule has 0 fully saturated rings. The van der Waals surface area contributed by atoms with Gasteiger partial charge in [-0.1, -0.05) is 19.6 Å². The van der Waals surface area contributed by atoms with Crippen molar-refractivity contribution in [2.45, 2.75) is 45.1 Å². The van der Waals surface area contributed by atoms with E-state index in [0.29, 0.717) is 11.3 Å². The second-order valence-electron chi connectivity index (χ2n) is 5.74. The minimum absolute atomic E-state index is 0.0429. The standard InChI is InChI=1S/C11H18F3IN2O2Si/c1-20(2,3)5-4-19-8-16-6-9(15)10(18)17(16)7-11(12,13)14/h6H,4-5,7-8H2,1-3H3. The Morgan fingerprint density at radius 2 is 1.95 bits per heavy atom. The monoisotopic (exact) mass is 422 g/mol. The summed E-state index contributed by atoms with van der Waals surface area (Å²) in [4.78, 5) is 11.6. The first-order valence-corrected chi connectivity index (χ1v) is 10.9. The van der Waals surface area contributed by atoms with Gasteiger partial charge in [-0.15, -0.1) is 0 Å². The molecule has 0 saturated heterocycles. The van der Waals surface area contributed by atoms with Crippen molar-refractivity contribution >= 4 is 30.7 Å². The number of ether oxygens (including phenoxy) is 1. The predicted molar refractivity (Wildman–Crippen MR) is 81.6 cm³/mol. The first kappa shape index (κ1) is 17.8. The van der Waals surface area contributed by atoms with E-state index in [2.05, 4.69) is 19.6 Å². The van der Waals surface area contributed by atoms with Crippen LogP contribution < -0.4 is 5.56 Å². The van der Waals surface area contributed by atoms with Gasteiger partial charge < -0.3 is 4.74 Å². The Labute approximate surface area is 130 Å². The summed E-state index contributed by atoms with van der Waals surface area (Å²) in [6.07, 6.45) is -3.05. The smallest absolute Gasteiger partial charge is 0.360 e. The van der Waals surface area contributed by atoms with E-state index in [1.807, 2.05) is 0 Å². The van der Waals surface area contributed by atoms with Crippen LogP contribution in [0.4, 0.5) is 13.2 Å². The van der Waals surface area contributed by atoms with Crippen LogP contribution in [0.3, 0.4) is 0 Å². The van der Waals surface area contributed by atoms with Crippen molar-refractivity contribution in [1.82, 2.24) is 9.36 Å². The van der Waals surface area contributed by atoms with Crippen LogP contribution in [-0.2, 0) is 18.0 Å². The maximum Gasteiger partial charge on any atom is 0.408 e. The van der Waals surface area contributed by atoms with E-state index in [-0.39, 0.29) is 10.3 Å². The highest BCUT2D eigenvalue weighted by Crippen LogP contribution is 2.17. The van der Waals surface area contributed by atoms with Crippen molar-refractivity contribution in [3.63, 3.8) is 0 Å². The molecule has 0 atom stereocenters. The lowest BCUT2D eigenvalue weighted by atomic mass is 10.6. The highest BCUT2D eigenvalue weighted by atomic mass is 127. The number of hydrogen-bond acceptors (Lipinski definition) is 2. The van der Waals surface area contributed by atoms with Gasteiger partial charge in [-0.2, -0.15) is 13.2 Å². The molecule has 0 bridgehead atoms. The largest absolute Gasteiger partial charge is 0.408 e. The van der Waals surface area contributed by atoms with Crippen molar-refractivity contribution in [2.75, 3.05) is 6.61 Å². The van der Waals surface area contributed by atoms with Gasteiger partial charge in [0.15, 0.2) is 0 Å². The number of halogens is 4. The molecule has 0 aliphatic rings. The van der Waals surface area contributed by atoms with Gasteiger partial charge in [-0.3, -0.25) is 9.48 Å². The van der Waals surface area contributed by atoms with E-state index in [0.717, 1.165) is 6.04 Å². The quantitative estimate of drug-likeness (QED) is 0.401. The van der Waals surface area contributed by atoms with Gasteiger partial charge in [0.2, 0.25) is 0 Å². The summed E-state index contributed by atoms with van der Waals surface area (Å²) in [6.45, 7) is 5.72. The Morgan fingerprint density at radius 3 is 2.45 bits per heavy atom. The average molecular weight is 422 g/mol. The van der Waals surface area contributed by atoms with E-state index in [1.54, 1.807) is 22.6 Å². The van der Waals surface area contributed by atoms with E-state index < -0.39 is 26.4 Å². The Morgan fingerprint density at radius 1 is 1.35 bits per heavy atom. The second kappa shape index (κ2) is 6.65. The third-order valence-electron chi connectivity index (χ3n) is 2.56. The van der Waals surface area contributed by atoms with E-state index in [4.69, 9.17) is 4.74 Å². The zero-order valence-electron chi connectivity index (χ0n) is 11.6. The van der Waals surface area contributed by atoms with Gasteiger partial charge in [0, 0.05) is 20.9 Å². The molecule has 0 aliphatic carbocycles. The summed E-state index contributed by atoms with van der Waals surface area (Å²) in [6, 6.07) is 0.925. The van der Waals surface area contributed by atoms with E-state index in [9.17, 15) is 18.0 Å². The number of nitrogens with zero attached hydrogens (tertiary/aromatic N) is 2. The molecule has 0 radical (unpaired) electrons. The zero-order chi connectivity index (χ0) is 15.6. The van der Waals surface area contributed by atoms with Crippen LogP contribution in [0.2, 0.25) is 25.7 Å². The molecule has 0 amide bonds. The van der Waals surface area contributed by atoms with Crippen LogP contribution in [0.15, 0.2) is 11.0 Å². The molecule has 0 N–H and O–H groups in total. The predicted octanol–water partition coefficient (Wildman–Crippen LogP) is 3.13. The summed E-state index contributed by atoms with van der Waals surface area (Å²) in [5.41, 5.74) is -0.642. The van der Waals surface area contributed by atoms with Crippen LogP contribution in [-0.4, -0.2) is 30.2 Å². The fourth-order valence-corrected chi connectivity index (χ4v) is 2.83. The fourth-order valence-electron chi connectivity index (χ4n) is 1.47. The molecule has 0 unspecified atom stereocenters. The van der Waals surface area contributed by atoms with Gasteiger partial charge in [0.1, 0.15) is 13.3 Å². The first-order valence-electron chi connectivity index (χ1n) is 6.10. The molecule has 1 rings (SSSR count). The van der Waals surface area contributed by atoms with Crippen LogP contribution in [0.1, 0.15) is 0 Å². The number of rotatable bonds is 6. The molecule has 0 saturated carbocycles. The Balaban J connectivity index is 2.71. The van der Waals surface area contributed by atoms with Gasteiger partial charge in [-0.25, -0.2) is 4.68 Å². The third kappa shape index (κ3) is 6.00. The lowest BCUT2D eigenvalue weighted by molar-refractivity contribution is -0.146. The highest BCUT2D eigenvalue weighted by Gasteiger charge is 2.30. The molecule has 116 valence electrons. The maximum absolute atomic E-state index is 12.4. The summed E-state index contributed by atoms with van der Waals surface area (Å²) in [5.74, 6) is 0. The first-order chi connectivity index (χ1) is 8.99. The number of aromatic nitrogens is 2. The normalized spacial score (nSPS) is 12.9. The SMILES string of the molecule is C[Si](C)(C)CCOCn1cc(I)c(=O)n1CC(F)(F)F. The molecule has 1 aromatic rings. The summed E-state index contributed by atoms with van der Waals surface area (Å²) >= 11 is 1.73. The third-order valence-corrected chi connectivity index (χ3v) is 5.00. The molecule has 1 aromatic heterocycles. The van der Waals surface area contributed by atoms with Crippen LogP contribution >= 0.6 is 22.6 Å². The second-order valence-corrected chi connectivity index (χ2v) is 12.5. The number of alkyl halides is 3. The topological polar surface area (TPSA) is 36.2 Å². The van der Waals surface area contributed by atoms with Crippen molar-refractivity contribution in [3.05, 3.63) is 20.1 Å². The molecule has 1 heterocycles. The van der Waals surface area contributed by atoms with Gasteiger partial charge in [0.05, 0.1) is 3.57 Å². The van der Waals surface area contributed by atoms with Crippen molar-refractivity contribution in [1.29, 1.82) is 0 Å². The molecule has 0 spiro atoms. The Hall–Kier alpha value is -0.293. The molecule has 20 heavy (non-hydrogen) atoms. The Bertz CT molecular complexity index is 505. The van der Waals surface area contributed by atoms with E-state index >= 15 is 0 Å². The van der Waals surface area contributed by atoms with Gasteiger partial charge in [0.25, 0.3) is 5.56 Å². The molecular formula is C11H18F3IN2O2Si. The lowest BCUT2D eigenvalue weighted by Gasteiger charge is -2.17. The molecule has 0 aromatic carbocycles. The minimum atomic E-state index is -4.43. The van der Waals surface area contributed by atoms with Crippen LogP contribution in [0.25, 0.3) is 0 Å². The zero-order valence-corrected chi connectivity index (χ0v) is 14.8. The maximum atomic E-state index is 12.4. The summed E-state index contributed by atoms with van der Waals surface area (Å²) in [7, 11) is -1.24. The van der Waals surface area contributed by atoms with Gasteiger partial charge in [-0.05, 0) is 28.6 Å². The van der Waals surface area contributed by atoms with Crippen molar-refractivity contribution in [3.8, 4) is 0 Å². The number of hydrogen-bond donors (Lipinski definition) is 0. The van der Waals surface area contributed by atoms with Crippen molar-refractivity contribution in [2.24, 2.45) is 0 Å². The lowest BCUT2D eigenvalue weighted by Crippen LogP contribution is -2.31. The van der Waals surface area contributed by atoms with Crippen molar-refractivity contribution < 1.29 is 17.9 Å². The molecule has 0 aliphatic heterocycles. The minimum Gasteiger partial charge on any atom is -0.360 e. The fraction of sp³-hybridized carbons (Fsp3) is 0.727. The summed E-state index contributed by atoms with van der Waals surface area (Å²) < 4.78 is 44.8. The Kier molecular flexibility index (Phi) is 5.90. The summed E-state index contributed by atoms with van der Waals surface area (Å²) in [5, 5.41) is 0. The van der Waals surface area contributed by atoms with Crippen LogP contribution in [0, 0.1) is 3.57 Å². The molecular weight excluding hydrogens is 404 g/mol. The van der Waals surface area contributed by atoms with Gasteiger partial charge >= 0.3 is 6.18 Å². The van der Waals surface area contributed by atoms with Crippen LogP contribution in [0.5, 0.6) is 0 Å². The van der Waals surface area contributed by atoms with E-state index in [1.165, 1.54) is 10.9 Å².